The first-order valence-corrected chi connectivity index (χ1v) is 18.9. The number of rotatable bonds is 4. The van der Waals surface area contributed by atoms with Gasteiger partial charge in [-0.15, -0.1) is 23.3 Å². The van der Waals surface area contributed by atoms with E-state index in [9.17, 15) is 0 Å². The summed E-state index contributed by atoms with van der Waals surface area (Å²) in [4.78, 5) is 10.0. The molecule has 0 aliphatic rings. The Bertz CT molecular complexity index is 3140. The van der Waals surface area contributed by atoms with Crippen LogP contribution in [0.4, 0.5) is 0 Å². The van der Waals surface area contributed by atoms with E-state index >= 15 is 0 Å². The second-order valence-corrected chi connectivity index (χ2v) is 16.6. The molecule has 10 rings (SSSR count). The number of aromatic nitrogens is 4. The smallest absolute Gasteiger partial charge is 0.497 e. The van der Waals surface area contributed by atoms with E-state index in [0.29, 0.717) is 11.5 Å². The Labute approximate surface area is 340 Å². The van der Waals surface area contributed by atoms with Gasteiger partial charge < -0.3 is 18.7 Å². The Morgan fingerprint density at radius 1 is 0.589 bits per heavy atom. The van der Waals surface area contributed by atoms with Gasteiger partial charge in [-0.25, -0.2) is 0 Å². The van der Waals surface area contributed by atoms with Crippen LogP contribution in [0.25, 0.3) is 77.1 Å². The monoisotopic (exact) mass is 818 g/mol. The van der Waals surface area contributed by atoms with Crippen molar-refractivity contribution in [3.05, 3.63) is 157 Å². The number of imidazole rings is 1. The first kappa shape index (κ1) is 35.9. The van der Waals surface area contributed by atoms with Gasteiger partial charge in [-0.05, 0) is 69.9 Å². The third-order valence-corrected chi connectivity index (χ3v) is 10.9. The maximum atomic E-state index is 6.72. The van der Waals surface area contributed by atoms with E-state index in [1.54, 1.807) is 0 Å². The number of hydrogen-bond acceptors (Lipinski definition) is 3. The molecule has 6 heteroatoms. The Hall–Kier alpha value is -5.80. The molecule has 0 saturated heterocycles. The summed E-state index contributed by atoms with van der Waals surface area (Å²) in [5.74, 6) is 1.23. The Morgan fingerprint density at radius 2 is 1.30 bits per heavy atom. The van der Waals surface area contributed by atoms with Gasteiger partial charge in [0.1, 0.15) is 0 Å². The summed E-state index contributed by atoms with van der Waals surface area (Å²) in [6.45, 7) is 13.3. The van der Waals surface area contributed by atoms with Crippen molar-refractivity contribution in [2.24, 2.45) is 0 Å². The molecule has 0 saturated carbocycles. The van der Waals surface area contributed by atoms with E-state index in [-0.39, 0.29) is 31.3 Å². The maximum absolute atomic E-state index is 6.72. The molecule has 0 N–H and O–H groups in total. The predicted octanol–water partition coefficient (Wildman–Crippen LogP) is 12.9. The number of pyridine rings is 2. The minimum absolute atomic E-state index is 0. The number of nitrogens with zero attached hydrogens (tertiary/aromatic N) is 4. The number of para-hydroxylation sites is 4. The van der Waals surface area contributed by atoms with E-state index in [0.717, 1.165) is 71.9 Å². The van der Waals surface area contributed by atoms with Gasteiger partial charge in [-0.2, -0.15) is 0 Å². The standard InChI is InChI=1S/C50H40N4O.Pd/c1-49(2,3)32-24-25-51-42(29-32)31-26-33(50(4,5)6)28-36(27-31)55-35-20-21-37-38-22-23-45-46(39-16-10-12-18-43(39)53(45)34-14-8-7-9-15-34)47(38)54-44-19-13-11-17-41(44)52-48(54)40(37)30-35;/h7-26,28-29H,1-6H3;/q-2;+2. The van der Waals surface area contributed by atoms with Gasteiger partial charge in [0.25, 0.3) is 0 Å². The van der Waals surface area contributed by atoms with Crippen molar-refractivity contribution in [3.63, 3.8) is 0 Å². The average molecular weight is 819 g/mol. The summed E-state index contributed by atoms with van der Waals surface area (Å²) in [5, 5.41) is 5.49. The third-order valence-electron chi connectivity index (χ3n) is 10.9. The summed E-state index contributed by atoms with van der Waals surface area (Å²) in [6.07, 6.45) is 1.89. The average Bonchev–Trinajstić information content (AvgIpc) is 3.74. The van der Waals surface area contributed by atoms with Crippen LogP contribution in [0.3, 0.4) is 0 Å². The quantitative estimate of drug-likeness (QED) is 0.101. The van der Waals surface area contributed by atoms with E-state index in [1.165, 1.54) is 16.3 Å². The summed E-state index contributed by atoms with van der Waals surface area (Å²) in [5.41, 5.74) is 11.4. The van der Waals surface area contributed by atoms with Crippen LogP contribution in [0.15, 0.2) is 134 Å². The van der Waals surface area contributed by atoms with Crippen LogP contribution in [-0.4, -0.2) is 18.9 Å². The van der Waals surface area contributed by atoms with Crippen LogP contribution < -0.4 is 4.74 Å². The molecule has 0 aliphatic carbocycles. The van der Waals surface area contributed by atoms with Crippen LogP contribution in [0.5, 0.6) is 11.5 Å². The zero-order chi connectivity index (χ0) is 37.6. The Morgan fingerprint density at radius 3 is 2.09 bits per heavy atom. The molecule has 5 nitrogen and oxygen atoms in total. The molecule has 0 radical (unpaired) electrons. The molecule has 0 atom stereocenters. The molecule has 56 heavy (non-hydrogen) atoms. The van der Waals surface area contributed by atoms with Crippen molar-refractivity contribution in [2.45, 2.75) is 52.4 Å². The van der Waals surface area contributed by atoms with Gasteiger partial charge in [0.2, 0.25) is 0 Å². The van der Waals surface area contributed by atoms with Crippen molar-refractivity contribution >= 4 is 60.2 Å². The SMILES string of the molecule is CC(C)(C)c1cc(Oc2[c-]c3c(cc2)c2ccc4c(c5ccccc5n4-c4ccccc4)c2n2c4ccccc4nc32)[c-]c(-c2cc(C(C)(C)C)ccn2)c1.[Pd+2]. The fourth-order valence-corrected chi connectivity index (χ4v) is 8.03. The van der Waals surface area contributed by atoms with Gasteiger partial charge in [0.05, 0.1) is 27.7 Å². The normalized spacial score (nSPS) is 12.3. The predicted molar refractivity (Wildman–Crippen MR) is 227 cm³/mol. The second kappa shape index (κ2) is 13.2. The number of benzene rings is 6. The molecule has 0 aliphatic heterocycles. The Kier molecular flexibility index (Phi) is 8.43. The molecule has 6 aromatic carbocycles. The van der Waals surface area contributed by atoms with Crippen molar-refractivity contribution in [1.29, 1.82) is 0 Å². The van der Waals surface area contributed by atoms with Crippen LogP contribution in [0.2, 0.25) is 0 Å². The van der Waals surface area contributed by atoms with Crippen molar-refractivity contribution in [1.82, 2.24) is 18.9 Å². The Balaban J connectivity index is 0.00000410. The van der Waals surface area contributed by atoms with E-state index < -0.39 is 0 Å². The number of hydrogen-bond donors (Lipinski definition) is 0. The molecule has 0 amide bonds. The van der Waals surface area contributed by atoms with E-state index in [1.807, 2.05) is 12.3 Å². The zero-order valence-corrected chi connectivity index (χ0v) is 33.8. The zero-order valence-electron chi connectivity index (χ0n) is 32.2. The van der Waals surface area contributed by atoms with Crippen molar-refractivity contribution in [2.75, 3.05) is 0 Å². The van der Waals surface area contributed by atoms with Crippen molar-refractivity contribution < 1.29 is 25.2 Å². The molecule has 0 fully saturated rings. The first-order chi connectivity index (χ1) is 26.5. The fraction of sp³-hybridized carbons (Fsp3) is 0.160. The molecule has 0 unspecified atom stereocenters. The fourth-order valence-electron chi connectivity index (χ4n) is 8.03. The van der Waals surface area contributed by atoms with Gasteiger partial charge in [-0.3, -0.25) is 4.98 Å². The van der Waals surface area contributed by atoms with Gasteiger partial charge in [0, 0.05) is 39.7 Å². The molecule has 10 aromatic rings. The number of fused-ring (bicyclic) bond motifs is 12. The second-order valence-electron chi connectivity index (χ2n) is 16.6. The van der Waals surface area contributed by atoms with E-state index in [2.05, 4.69) is 184 Å². The molecule has 0 bridgehead atoms. The minimum atomic E-state index is -0.118. The van der Waals surface area contributed by atoms with Crippen LogP contribution in [-0.2, 0) is 31.3 Å². The van der Waals surface area contributed by atoms with E-state index in [4.69, 9.17) is 14.7 Å². The van der Waals surface area contributed by atoms with Crippen molar-refractivity contribution in [3.8, 4) is 28.4 Å². The summed E-state index contributed by atoms with van der Waals surface area (Å²) in [7, 11) is 0. The summed E-state index contributed by atoms with van der Waals surface area (Å²) >= 11 is 0. The van der Waals surface area contributed by atoms with Gasteiger partial charge in [-0.1, -0.05) is 137 Å². The van der Waals surface area contributed by atoms with Crippen LogP contribution >= 0.6 is 0 Å². The maximum Gasteiger partial charge on any atom is 2.00 e. The molecule has 4 aromatic heterocycles. The molecular formula is C50H40N4OPd. The largest absolute Gasteiger partial charge is 2.00 e. The topological polar surface area (TPSA) is 44.4 Å². The minimum Gasteiger partial charge on any atom is -0.497 e. The van der Waals surface area contributed by atoms with Crippen LogP contribution in [0.1, 0.15) is 52.7 Å². The molecular weight excluding hydrogens is 779 g/mol. The molecule has 276 valence electrons. The molecule has 0 spiro atoms. The summed E-state index contributed by atoms with van der Waals surface area (Å²) < 4.78 is 11.4. The van der Waals surface area contributed by atoms with Gasteiger partial charge >= 0.3 is 20.4 Å². The van der Waals surface area contributed by atoms with Crippen LogP contribution in [0, 0.1) is 12.1 Å². The third kappa shape index (κ3) is 5.79. The summed E-state index contributed by atoms with van der Waals surface area (Å²) in [6, 6.07) is 52.2. The molecule has 4 heterocycles. The number of ether oxygens (including phenoxy) is 1. The van der Waals surface area contributed by atoms with Gasteiger partial charge in [0.15, 0.2) is 0 Å². The first-order valence-electron chi connectivity index (χ1n) is 18.9.